The highest BCUT2D eigenvalue weighted by Crippen LogP contribution is 2.43. The molecule has 0 rings (SSSR count). The van der Waals surface area contributed by atoms with Crippen molar-refractivity contribution >= 4 is 19.8 Å². The van der Waals surface area contributed by atoms with Gasteiger partial charge in [0.05, 0.1) is 13.2 Å². The normalized spacial score (nSPS) is 13.5. The van der Waals surface area contributed by atoms with E-state index in [1.165, 1.54) is 122 Å². The molecule has 0 aromatic heterocycles. The van der Waals surface area contributed by atoms with Gasteiger partial charge in [0, 0.05) is 19.4 Å². The van der Waals surface area contributed by atoms with Crippen molar-refractivity contribution in [3.05, 3.63) is 24.3 Å². The second kappa shape index (κ2) is 42.1. The fraction of sp³-hybridized carbons (Fsp3) is 0.867. The molecule has 0 saturated heterocycles. The Morgan fingerprint density at radius 1 is 0.545 bits per heavy atom. The highest BCUT2D eigenvalue weighted by Gasteiger charge is 2.26. The van der Waals surface area contributed by atoms with Crippen molar-refractivity contribution in [1.29, 1.82) is 0 Å². The van der Waals surface area contributed by atoms with Gasteiger partial charge in [-0.3, -0.25) is 18.6 Å². The van der Waals surface area contributed by atoms with E-state index in [4.69, 9.17) is 24.3 Å². The van der Waals surface area contributed by atoms with E-state index in [0.29, 0.717) is 6.42 Å². The lowest BCUT2D eigenvalue weighted by molar-refractivity contribution is -0.161. The van der Waals surface area contributed by atoms with Gasteiger partial charge in [-0.25, -0.2) is 4.57 Å². The molecule has 0 bridgehead atoms. The predicted molar refractivity (Wildman–Crippen MR) is 229 cm³/mol. The summed E-state index contributed by atoms with van der Waals surface area (Å²) in [7, 11) is -4.38. The van der Waals surface area contributed by atoms with Crippen LogP contribution in [0.3, 0.4) is 0 Å². The lowest BCUT2D eigenvalue weighted by Crippen LogP contribution is -2.29. The lowest BCUT2D eigenvalue weighted by atomic mass is 10.0. The molecule has 55 heavy (non-hydrogen) atoms. The highest BCUT2D eigenvalue weighted by atomic mass is 31.2. The molecular weight excluding hydrogens is 713 g/mol. The van der Waals surface area contributed by atoms with E-state index in [1.54, 1.807) is 0 Å². The Bertz CT molecular complexity index is 959. The highest BCUT2D eigenvalue weighted by molar-refractivity contribution is 7.47. The van der Waals surface area contributed by atoms with Crippen LogP contribution in [-0.4, -0.2) is 49.3 Å². The molecule has 0 spiro atoms. The van der Waals surface area contributed by atoms with Crippen molar-refractivity contribution in [2.45, 2.75) is 225 Å². The quantitative estimate of drug-likeness (QED) is 0.0267. The van der Waals surface area contributed by atoms with Crippen LogP contribution in [0.2, 0.25) is 0 Å². The van der Waals surface area contributed by atoms with Gasteiger partial charge in [0.2, 0.25) is 0 Å². The van der Waals surface area contributed by atoms with Crippen LogP contribution < -0.4 is 5.73 Å². The summed E-state index contributed by atoms with van der Waals surface area (Å²) in [5.74, 6) is -0.836. The van der Waals surface area contributed by atoms with Crippen LogP contribution >= 0.6 is 7.82 Å². The molecule has 2 atom stereocenters. The summed E-state index contributed by atoms with van der Waals surface area (Å²) < 4.78 is 32.8. The number of carbonyl (C=O) groups excluding carboxylic acids is 2. The number of unbranched alkanes of at least 4 members (excludes halogenated alkanes) is 26. The average molecular weight is 800 g/mol. The lowest BCUT2D eigenvalue weighted by Gasteiger charge is -2.19. The van der Waals surface area contributed by atoms with E-state index >= 15 is 0 Å². The van der Waals surface area contributed by atoms with Gasteiger partial charge in [-0.15, -0.1) is 0 Å². The SMILES string of the molecule is CCC/C=C\C/C=C\CCCCCCCC(=O)OC(COC(=O)CCCCCCCCCCCCCCCCCCCCCCC)COP(=O)(O)OCCN. The first-order valence-electron chi connectivity index (χ1n) is 22.8. The molecule has 0 fully saturated rings. The van der Waals surface area contributed by atoms with Gasteiger partial charge in [-0.1, -0.05) is 192 Å². The summed E-state index contributed by atoms with van der Waals surface area (Å²) in [4.78, 5) is 34.9. The fourth-order valence-electron chi connectivity index (χ4n) is 6.44. The third kappa shape index (κ3) is 41.9. The van der Waals surface area contributed by atoms with Gasteiger partial charge >= 0.3 is 19.8 Å². The molecule has 0 heterocycles. The summed E-state index contributed by atoms with van der Waals surface area (Å²) in [5, 5.41) is 0. The van der Waals surface area contributed by atoms with Gasteiger partial charge in [0.15, 0.2) is 6.10 Å². The van der Waals surface area contributed by atoms with E-state index in [9.17, 15) is 19.0 Å². The number of rotatable bonds is 43. The Morgan fingerprint density at radius 3 is 1.45 bits per heavy atom. The first-order valence-corrected chi connectivity index (χ1v) is 24.3. The molecule has 3 N–H and O–H groups in total. The summed E-state index contributed by atoms with van der Waals surface area (Å²) in [6, 6.07) is 0. The van der Waals surface area contributed by atoms with Crippen LogP contribution in [0.5, 0.6) is 0 Å². The molecule has 0 amide bonds. The number of allylic oxidation sites excluding steroid dienone is 4. The zero-order chi connectivity index (χ0) is 40.3. The molecule has 2 unspecified atom stereocenters. The van der Waals surface area contributed by atoms with Gasteiger partial charge in [0.1, 0.15) is 6.61 Å². The van der Waals surface area contributed by atoms with Crippen molar-refractivity contribution in [1.82, 2.24) is 0 Å². The van der Waals surface area contributed by atoms with Crippen LogP contribution in [0, 0.1) is 0 Å². The minimum atomic E-state index is -4.38. The molecule has 0 aromatic rings. The maximum absolute atomic E-state index is 12.6. The largest absolute Gasteiger partial charge is 0.472 e. The molecule has 9 nitrogen and oxygen atoms in total. The number of esters is 2. The number of carbonyl (C=O) groups is 2. The number of phosphoric ester groups is 1. The van der Waals surface area contributed by atoms with E-state index in [0.717, 1.165) is 64.2 Å². The third-order valence-electron chi connectivity index (χ3n) is 9.82. The third-order valence-corrected chi connectivity index (χ3v) is 10.8. The van der Waals surface area contributed by atoms with Crippen molar-refractivity contribution in [2.75, 3.05) is 26.4 Å². The molecule has 0 saturated carbocycles. The Balaban J connectivity index is 4.04. The smallest absolute Gasteiger partial charge is 0.462 e. The number of hydrogen-bond donors (Lipinski definition) is 2. The second-order valence-corrected chi connectivity index (χ2v) is 16.7. The fourth-order valence-corrected chi connectivity index (χ4v) is 7.20. The van der Waals surface area contributed by atoms with Crippen LogP contribution in [-0.2, 0) is 32.7 Å². The zero-order valence-electron chi connectivity index (χ0n) is 35.7. The Hall–Kier alpha value is -1.51. The van der Waals surface area contributed by atoms with Gasteiger partial charge in [-0.05, 0) is 38.5 Å². The maximum atomic E-state index is 12.6. The van der Waals surface area contributed by atoms with Gasteiger partial charge < -0.3 is 20.1 Å². The summed E-state index contributed by atoms with van der Waals surface area (Å²) in [6.45, 7) is 3.68. The first kappa shape index (κ1) is 53.5. The molecule has 10 heteroatoms. The summed E-state index contributed by atoms with van der Waals surface area (Å²) in [5.41, 5.74) is 5.35. The number of nitrogens with two attached hydrogens (primary N) is 1. The van der Waals surface area contributed by atoms with Crippen molar-refractivity contribution in [3.63, 3.8) is 0 Å². The van der Waals surface area contributed by atoms with E-state index in [-0.39, 0.29) is 38.6 Å². The van der Waals surface area contributed by atoms with E-state index < -0.39 is 26.5 Å². The number of hydrogen-bond acceptors (Lipinski definition) is 8. The zero-order valence-corrected chi connectivity index (χ0v) is 36.6. The Kier molecular flexibility index (Phi) is 40.9. The van der Waals surface area contributed by atoms with Crippen molar-refractivity contribution in [2.24, 2.45) is 5.73 Å². The summed E-state index contributed by atoms with van der Waals surface area (Å²) >= 11 is 0. The van der Waals surface area contributed by atoms with Crippen molar-refractivity contribution in [3.8, 4) is 0 Å². The standard InChI is InChI=1S/C45H86NO8P/c1-3-5-7-9-11-13-15-17-18-19-20-21-22-23-24-26-27-29-31-33-35-37-44(47)51-41-43(42-53-55(49,50)52-40-39-46)54-45(48)38-36-34-32-30-28-25-16-14-12-10-8-6-4-2/h8,10,14,16,43H,3-7,9,11-13,15,17-42,46H2,1-2H3,(H,49,50)/b10-8-,16-14-. The first-order chi connectivity index (χ1) is 26.8. The van der Waals surface area contributed by atoms with E-state index in [1.807, 2.05) is 0 Å². The maximum Gasteiger partial charge on any atom is 0.472 e. The van der Waals surface area contributed by atoms with Gasteiger partial charge in [-0.2, -0.15) is 0 Å². The van der Waals surface area contributed by atoms with Crippen molar-refractivity contribution < 1.29 is 37.6 Å². The molecule has 0 aromatic carbocycles. The second-order valence-electron chi connectivity index (χ2n) is 15.3. The monoisotopic (exact) mass is 800 g/mol. The average Bonchev–Trinajstić information content (AvgIpc) is 3.17. The molecule has 0 aliphatic rings. The minimum absolute atomic E-state index is 0.0525. The van der Waals surface area contributed by atoms with Crippen LogP contribution in [0.25, 0.3) is 0 Å². The topological polar surface area (TPSA) is 134 Å². The van der Waals surface area contributed by atoms with E-state index in [2.05, 4.69) is 38.2 Å². The Labute approximate surface area is 338 Å². The molecule has 0 aliphatic heterocycles. The van der Waals surface area contributed by atoms with Crippen LogP contribution in [0.4, 0.5) is 0 Å². The van der Waals surface area contributed by atoms with Crippen LogP contribution in [0.15, 0.2) is 24.3 Å². The summed E-state index contributed by atoms with van der Waals surface area (Å²) in [6.07, 6.45) is 45.0. The molecular formula is C45H86NO8P. The molecule has 324 valence electrons. The predicted octanol–water partition coefficient (Wildman–Crippen LogP) is 13.2. The Morgan fingerprint density at radius 2 is 0.982 bits per heavy atom. The minimum Gasteiger partial charge on any atom is -0.462 e. The molecule has 0 radical (unpaired) electrons. The number of phosphoric acid groups is 1. The number of ether oxygens (including phenoxy) is 2. The van der Waals surface area contributed by atoms with Crippen LogP contribution in [0.1, 0.15) is 219 Å². The molecule has 0 aliphatic carbocycles. The van der Waals surface area contributed by atoms with Gasteiger partial charge in [0.25, 0.3) is 0 Å².